The number of nitrogens with zero attached hydrogens (tertiary/aromatic N) is 2. The minimum Gasteiger partial charge on any atom is -0.469 e. The summed E-state index contributed by atoms with van der Waals surface area (Å²) in [5.74, 6) is 4.29. The summed E-state index contributed by atoms with van der Waals surface area (Å²) in [4.78, 5) is 6.97. The molecule has 1 unspecified atom stereocenters. The predicted octanol–water partition coefficient (Wildman–Crippen LogP) is 1.81. The van der Waals surface area contributed by atoms with Gasteiger partial charge in [-0.2, -0.15) is 11.8 Å². The zero-order valence-electron chi connectivity index (χ0n) is 14.8. The molecule has 0 amide bonds. The Hall–Kier alpha value is -0.450. The van der Waals surface area contributed by atoms with Gasteiger partial charge in [-0.05, 0) is 24.3 Å². The van der Waals surface area contributed by atoms with E-state index in [-0.39, 0.29) is 29.5 Å². The van der Waals surface area contributed by atoms with Crippen LogP contribution in [0.15, 0.2) is 27.8 Å². The van der Waals surface area contributed by atoms with Crippen molar-refractivity contribution in [3.8, 4) is 0 Å². The van der Waals surface area contributed by atoms with Gasteiger partial charge in [0.1, 0.15) is 5.76 Å². The minimum atomic E-state index is 0. The highest BCUT2D eigenvalue weighted by Gasteiger charge is 2.40. The predicted molar refractivity (Wildman–Crippen MR) is 114 cm³/mol. The number of thioether (sulfide) groups is 1. The number of ether oxygens (including phenoxy) is 1. The molecule has 25 heavy (non-hydrogen) atoms. The molecule has 1 aromatic rings. The zero-order valence-corrected chi connectivity index (χ0v) is 18.0. The van der Waals surface area contributed by atoms with Crippen molar-refractivity contribution in [1.82, 2.24) is 15.5 Å². The third-order valence-electron chi connectivity index (χ3n) is 4.82. The van der Waals surface area contributed by atoms with E-state index in [2.05, 4.69) is 32.3 Å². The number of rotatable bonds is 6. The van der Waals surface area contributed by atoms with Gasteiger partial charge in [0.15, 0.2) is 5.96 Å². The lowest BCUT2D eigenvalue weighted by Gasteiger charge is -2.43. The van der Waals surface area contributed by atoms with Gasteiger partial charge in [0, 0.05) is 50.9 Å². The van der Waals surface area contributed by atoms with Crippen LogP contribution in [0.25, 0.3) is 0 Å². The van der Waals surface area contributed by atoms with Crippen LogP contribution in [-0.4, -0.2) is 74.3 Å². The van der Waals surface area contributed by atoms with Crippen LogP contribution < -0.4 is 10.6 Å². The summed E-state index contributed by atoms with van der Waals surface area (Å²) in [7, 11) is 1.83. The van der Waals surface area contributed by atoms with Crippen molar-refractivity contribution in [2.75, 3.05) is 57.9 Å². The molecule has 8 heteroatoms. The molecule has 1 aromatic heterocycles. The summed E-state index contributed by atoms with van der Waals surface area (Å²) in [6.07, 6.45) is 3.80. The molecule has 0 aromatic carbocycles. The fourth-order valence-corrected chi connectivity index (χ4v) is 4.84. The Labute approximate surface area is 171 Å². The van der Waals surface area contributed by atoms with Crippen LogP contribution in [0.3, 0.4) is 0 Å². The fraction of sp³-hybridized carbons (Fsp3) is 0.706. The van der Waals surface area contributed by atoms with E-state index in [0.717, 1.165) is 57.5 Å². The van der Waals surface area contributed by atoms with E-state index >= 15 is 0 Å². The highest BCUT2D eigenvalue weighted by Crippen LogP contribution is 2.33. The Balaban J connectivity index is 0.00000225. The highest BCUT2D eigenvalue weighted by molar-refractivity contribution is 14.0. The van der Waals surface area contributed by atoms with Crippen molar-refractivity contribution >= 4 is 41.7 Å². The summed E-state index contributed by atoms with van der Waals surface area (Å²) < 4.78 is 10.9. The summed E-state index contributed by atoms with van der Waals surface area (Å²) in [6.45, 7) is 5.51. The molecule has 0 saturated carbocycles. The van der Waals surface area contributed by atoms with E-state index in [9.17, 15) is 0 Å². The van der Waals surface area contributed by atoms with Gasteiger partial charge in [-0.3, -0.25) is 9.89 Å². The van der Waals surface area contributed by atoms with Gasteiger partial charge in [0.25, 0.3) is 0 Å². The van der Waals surface area contributed by atoms with Crippen molar-refractivity contribution in [2.24, 2.45) is 4.99 Å². The van der Waals surface area contributed by atoms with Crippen LogP contribution in [0.4, 0.5) is 0 Å². The maximum Gasteiger partial charge on any atom is 0.191 e. The number of furan rings is 1. The van der Waals surface area contributed by atoms with Gasteiger partial charge in [-0.1, -0.05) is 0 Å². The molecule has 2 saturated heterocycles. The molecule has 0 spiro atoms. The number of morpholine rings is 1. The lowest BCUT2D eigenvalue weighted by Crippen LogP contribution is -2.60. The molecule has 2 fully saturated rings. The van der Waals surface area contributed by atoms with Crippen LogP contribution in [0.5, 0.6) is 0 Å². The second-order valence-electron chi connectivity index (χ2n) is 6.31. The third kappa shape index (κ3) is 5.77. The van der Waals surface area contributed by atoms with Crippen LogP contribution in [0, 0.1) is 0 Å². The number of hydrogen-bond donors (Lipinski definition) is 2. The Morgan fingerprint density at radius 3 is 2.84 bits per heavy atom. The average molecular weight is 480 g/mol. The first-order chi connectivity index (χ1) is 11.8. The second kappa shape index (κ2) is 10.6. The largest absolute Gasteiger partial charge is 0.469 e. The Kier molecular flexibility index (Phi) is 8.88. The molecule has 0 radical (unpaired) electrons. The molecule has 2 N–H and O–H groups in total. The van der Waals surface area contributed by atoms with Crippen molar-refractivity contribution in [3.63, 3.8) is 0 Å². The standard InChI is InChI=1S/C17H28N4O2S.HI/c1-18-16(19-6-4-15-3-2-9-23-15)20-13-17(5-12-24-14-17)21-7-10-22-11-8-21;/h2-3,9H,4-8,10-14H2,1H3,(H2,18,19,20);1H. The van der Waals surface area contributed by atoms with Crippen molar-refractivity contribution < 1.29 is 9.15 Å². The van der Waals surface area contributed by atoms with Crippen LogP contribution in [-0.2, 0) is 11.2 Å². The first-order valence-electron chi connectivity index (χ1n) is 8.70. The molecule has 142 valence electrons. The lowest BCUT2D eigenvalue weighted by atomic mass is 9.95. The van der Waals surface area contributed by atoms with Gasteiger partial charge >= 0.3 is 0 Å². The van der Waals surface area contributed by atoms with E-state index < -0.39 is 0 Å². The molecule has 3 rings (SSSR count). The van der Waals surface area contributed by atoms with Crippen molar-refractivity contribution in [2.45, 2.75) is 18.4 Å². The Morgan fingerprint density at radius 1 is 1.36 bits per heavy atom. The Bertz CT molecular complexity index is 515. The maximum absolute atomic E-state index is 5.53. The lowest BCUT2D eigenvalue weighted by molar-refractivity contribution is -0.0120. The maximum atomic E-state index is 5.53. The first-order valence-corrected chi connectivity index (χ1v) is 9.85. The third-order valence-corrected chi connectivity index (χ3v) is 6.05. The molecule has 6 nitrogen and oxygen atoms in total. The first kappa shape index (κ1) is 20.9. The van der Waals surface area contributed by atoms with Gasteiger partial charge in [0.2, 0.25) is 0 Å². The van der Waals surface area contributed by atoms with Gasteiger partial charge in [0.05, 0.1) is 19.5 Å². The monoisotopic (exact) mass is 480 g/mol. The van der Waals surface area contributed by atoms with Crippen molar-refractivity contribution in [3.05, 3.63) is 24.2 Å². The SMILES string of the molecule is CN=C(NCCc1ccco1)NCC1(N2CCOCC2)CCSC1.I. The van der Waals surface area contributed by atoms with E-state index in [1.807, 2.05) is 19.2 Å². The number of guanidine groups is 1. The zero-order chi connectivity index (χ0) is 16.7. The topological polar surface area (TPSA) is 62.0 Å². The summed E-state index contributed by atoms with van der Waals surface area (Å²) >= 11 is 2.05. The van der Waals surface area contributed by atoms with Crippen LogP contribution >= 0.6 is 35.7 Å². The van der Waals surface area contributed by atoms with Gasteiger partial charge < -0.3 is 19.8 Å². The van der Waals surface area contributed by atoms with E-state index in [1.54, 1.807) is 6.26 Å². The number of hydrogen-bond acceptors (Lipinski definition) is 5. The Morgan fingerprint density at radius 2 is 2.20 bits per heavy atom. The highest BCUT2D eigenvalue weighted by atomic mass is 127. The van der Waals surface area contributed by atoms with Crippen LogP contribution in [0.1, 0.15) is 12.2 Å². The van der Waals surface area contributed by atoms with Crippen molar-refractivity contribution in [1.29, 1.82) is 0 Å². The van der Waals surface area contributed by atoms with Gasteiger partial charge in [-0.25, -0.2) is 0 Å². The van der Waals surface area contributed by atoms with E-state index in [1.165, 1.54) is 17.9 Å². The van der Waals surface area contributed by atoms with E-state index in [4.69, 9.17) is 9.15 Å². The fourth-order valence-electron chi connectivity index (χ4n) is 3.36. The molecule has 1 atom stereocenters. The molecule has 3 heterocycles. The molecule has 0 aliphatic carbocycles. The number of nitrogens with one attached hydrogen (secondary N) is 2. The van der Waals surface area contributed by atoms with Gasteiger partial charge in [-0.15, -0.1) is 24.0 Å². The minimum absolute atomic E-state index is 0. The number of halogens is 1. The quantitative estimate of drug-likeness (QED) is 0.368. The molecule has 2 aliphatic heterocycles. The summed E-state index contributed by atoms with van der Waals surface area (Å²) in [6, 6.07) is 3.92. The smallest absolute Gasteiger partial charge is 0.191 e. The summed E-state index contributed by atoms with van der Waals surface area (Å²) in [5.41, 5.74) is 0.229. The second-order valence-corrected chi connectivity index (χ2v) is 7.41. The molecular weight excluding hydrogens is 451 g/mol. The number of aliphatic imine (C=N–C) groups is 1. The molecule has 2 aliphatic rings. The average Bonchev–Trinajstić information content (AvgIpc) is 3.31. The summed E-state index contributed by atoms with van der Waals surface area (Å²) in [5, 5.41) is 6.92. The normalized spacial score (nSPS) is 24.8. The molecular formula is C17H29IN4O2S. The van der Waals surface area contributed by atoms with E-state index in [0.29, 0.717) is 0 Å². The molecule has 0 bridgehead atoms. The van der Waals surface area contributed by atoms with Crippen LogP contribution in [0.2, 0.25) is 0 Å².